The van der Waals surface area contributed by atoms with Gasteiger partial charge in [-0.2, -0.15) is 0 Å². The van der Waals surface area contributed by atoms with Gasteiger partial charge in [0.1, 0.15) is 12.4 Å². The van der Waals surface area contributed by atoms with Crippen LogP contribution in [0.15, 0.2) is 54.6 Å². The lowest BCUT2D eigenvalue weighted by Crippen LogP contribution is -2.39. The number of hydrogen-bond acceptors (Lipinski definition) is 4. The number of carbonyl (C=O) groups is 2. The first kappa shape index (κ1) is 27.3. The molecule has 0 saturated carbocycles. The maximum atomic E-state index is 13.2. The Morgan fingerprint density at radius 2 is 1.71 bits per heavy atom. The Balaban J connectivity index is 0.00000408. The smallest absolute Gasteiger partial charge is 0.304 e. The van der Waals surface area contributed by atoms with Crippen molar-refractivity contribution in [1.82, 2.24) is 4.90 Å². The summed E-state index contributed by atoms with van der Waals surface area (Å²) in [5, 5.41) is 9.36. The molecule has 7 nitrogen and oxygen atoms in total. The van der Waals surface area contributed by atoms with Crippen LogP contribution in [-0.4, -0.2) is 53.1 Å². The van der Waals surface area contributed by atoms with Gasteiger partial charge >= 0.3 is 5.97 Å². The fraction of sp³-hybridized carbons (Fsp3) is 0.481. The maximum Gasteiger partial charge on any atom is 0.304 e. The van der Waals surface area contributed by atoms with E-state index in [0.29, 0.717) is 26.1 Å². The lowest BCUT2D eigenvalue weighted by molar-refractivity contribution is -0.146. The molecule has 1 aliphatic rings. The zero-order valence-corrected chi connectivity index (χ0v) is 20.0. The third-order valence-electron chi connectivity index (χ3n) is 6.44. The number of hydrogen-bond donors (Lipinski definition) is 2. The summed E-state index contributed by atoms with van der Waals surface area (Å²) < 4.78 is 6.05. The molecule has 2 aromatic carbocycles. The molecule has 5 N–H and O–H groups in total. The van der Waals surface area contributed by atoms with E-state index in [9.17, 15) is 14.7 Å². The van der Waals surface area contributed by atoms with Crippen LogP contribution >= 0.6 is 0 Å². The molecule has 0 bridgehead atoms. The van der Waals surface area contributed by atoms with Crippen LogP contribution in [0.1, 0.15) is 50.2 Å². The predicted octanol–water partition coefficient (Wildman–Crippen LogP) is 3.24. The third-order valence-corrected chi connectivity index (χ3v) is 6.44. The third kappa shape index (κ3) is 7.57. The van der Waals surface area contributed by atoms with Crippen molar-refractivity contribution < 1.29 is 24.9 Å². The summed E-state index contributed by atoms with van der Waals surface area (Å²) in [5.74, 6) is -0.259. The van der Waals surface area contributed by atoms with Crippen LogP contribution < -0.4 is 10.5 Å². The Labute approximate surface area is 202 Å². The van der Waals surface area contributed by atoms with Gasteiger partial charge in [-0.15, -0.1) is 0 Å². The second-order valence-electron chi connectivity index (χ2n) is 9.28. The summed E-state index contributed by atoms with van der Waals surface area (Å²) in [6, 6.07) is 18.1. The number of rotatable bonds is 13. The standard InChI is InChI=1S/C27H36N2O4.H2O/c1-27(19-25(30)31)18-23(20-33-24-14-12-22(13-15-24)10-5-6-16-28)29(26(27)32)17-7-11-21-8-3-2-4-9-21;/h2-4,8-9,12-15,23H,5-7,10-11,16-20,28H2,1H3,(H,30,31);1H2/t23-,27+;/m1./s1. The Morgan fingerprint density at radius 3 is 2.35 bits per heavy atom. The van der Waals surface area contributed by atoms with E-state index in [1.807, 2.05) is 35.2 Å². The summed E-state index contributed by atoms with van der Waals surface area (Å²) in [5.41, 5.74) is 7.16. The van der Waals surface area contributed by atoms with E-state index in [2.05, 4.69) is 24.3 Å². The Morgan fingerprint density at radius 1 is 1.06 bits per heavy atom. The number of unbranched alkanes of at least 4 members (excludes halogenated alkanes) is 1. The van der Waals surface area contributed by atoms with Crippen LogP contribution in [0.3, 0.4) is 0 Å². The Kier molecular flexibility index (Phi) is 10.5. The molecule has 0 aromatic heterocycles. The molecule has 0 spiro atoms. The van der Waals surface area contributed by atoms with Gasteiger partial charge in [0.2, 0.25) is 5.91 Å². The van der Waals surface area contributed by atoms with Crippen LogP contribution in [-0.2, 0) is 22.4 Å². The number of nitrogens with zero attached hydrogens (tertiary/aromatic N) is 1. The minimum Gasteiger partial charge on any atom is -0.491 e. The van der Waals surface area contributed by atoms with E-state index < -0.39 is 11.4 Å². The van der Waals surface area contributed by atoms with Crippen molar-refractivity contribution in [2.45, 2.75) is 57.9 Å². The summed E-state index contributed by atoms with van der Waals surface area (Å²) in [6.07, 6.45) is 5.11. The zero-order valence-electron chi connectivity index (χ0n) is 20.0. The van der Waals surface area contributed by atoms with Crippen molar-refractivity contribution in [1.29, 1.82) is 0 Å². The van der Waals surface area contributed by atoms with Gasteiger partial charge in [-0.05, 0) is 68.3 Å². The highest BCUT2D eigenvalue weighted by atomic mass is 16.5. The van der Waals surface area contributed by atoms with Gasteiger partial charge in [0.05, 0.1) is 17.9 Å². The van der Waals surface area contributed by atoms with Gasteiger partial charge < -0.3 is 26.0 Å². The molecular formula is C27H38N2O5. The van der Waals surface area contributed by atoms with E-state index in [4.69, 9.17) is 10.5 Å². The van der Waals surface area contributed by atoms with Gasteiger partial charge in [0.25, 0.3) is 0 Å². The molecule has 7 heteroatoms. The molecule has 1 aliphatic heterocycles. The van der Waals surface area contributed by atoms with E-state index in [1.165, 1.54) is 11.1 Å². The van der Waals surface area contributed by atoms with Crippen molar-refractivity contribution in [2.75, 3.05) is 19.7 Å². The number of carbonyl (C=O) groups excluding carboxylic acids is 1. The van der Waals surface area contributed by atoms with Crippen molar-refractivity contribution in [3.8, 4) is 5.75 Å². The molecule has 1 heterocycles. The molecule has 2 aromatic rings. The average Bonchev–Trinajstić information content (AvgIpc) is 3.03. The first-order valence-electron chi connectivity index (χ1n) is 11.9. The molecule has 186 valence electrons. The van der Waals surface area contributed by atoms with Crippen molar-refractivity contribution in [3.63, 3.8) is 0 Å². The molecule has 3 rings (SSSR count). The first-order valence-corrected chi connectivity index (χ1v) is 11.9. The normalized spacial score (nSPS) is 19.6. The van der Waals surface area contributed by atoms with Gasteiger partial charge in [-0.3, -0.25) is 9.59 Å². The lowest BCUT2D eigenvalue weighted by atomic mass is 9.84. The summed E-state index contributed by atoms with van der Waals surface area (Å²) in [6.45, 7) is 3.43. The molecule has 1 fully saturated rings. The summed E-state index contributed by atoms with van der Waals surface area (Å²) in [4.78, 5) is 26.5. The summed E-state index contributed by atoms with van der Waals surface area (Å²) >= 11 is 0. The maximum absolute atomic E-state index is 13.2. The van der Waals surface area contributed by atoms with Gasteiger partial charge in [-0.1, -0.05) is 49.4 Å². The van der Waals surface area contributed by atoms with E-state index in [0.717, 1.165) is 37.9 Å². The molecule has 1 amide bonds. The first-order chi connectivity index (χ1) is 15.9. The fourth-order valence-corrected chi connectivity index (χ4v) is 4.66. The lowest BCUT2D eigenvalue weighted by Gasteiger charge is -2.25. The highest BCUT2D eigenvalue weighted by molar-refractivity contribution is 5.88. The number of nitrogens with two attached hydrogens (primary N) is 1. The van der Waals surface area contributed by atoms with Crippen molar-refractivity contribution >= 4 is 11.9 Å². The number of likely N-dealkylation sites (tertiary alicyclic amines) is 1. The number of aryl methyl sites for hydroxylation is 2. The quantitative estimate of drug-likeness (QED) is 0.435. The molecule has 0 radical (unpaired) electrons. The molecule has 34 heavy (non-hydrogen) atoms. The fourth-order valence-electron chi connectivity index (χ4n) is 4.66. The van der Waals surface area contributed by atoms with Gasteiger partial charge in [0.15, 0.2) is 0 Å². The topological polar surface area (TPSA) is 124 Å². The van der Waals surface area contributed by atoms with Crippen molar-refractivity contribution in [2.24, 2.45) is 11.1 Å². The van der Waals surface area contributed by atoms with E-state index in [-0.39, 0.29) is 23.8 Å². The average molecular weight is 471 g/mol. The second-order valence-corrected chi connectivity index (χ2v) is 9.28. The Bertz CT molecular complexity index is 903. The molecular weight excluding hydrogens is 432 g/mol. The van der Waals surface area contributed by atoms with Crippen LogP contribution in [0.5, 0.6) is 5.75 Å². The van der Waals surface area contributed by atoms with Crippen LogP contribution in [0.4, 0.5) is 0 Å². The second kappa shape index (κ2) is 13.1. The molecule has 0 unspecified atom stereocenters. The highest BCUT2D eigenvalue weighted by Gasteiger charge is 2.49. The number of amides is 1. The van der Waals surface area contributed by atoms with E-state index >= 15 is 0 Å². The van der Waals surface area contributed by atoms with Gasteiger partial charge in [-0.25, -0.2) is 0 Å². The molecule has 1 saturated heterocycles. The minimum absolute atomic E-state index is 0. The number of carboxylic acid groups (broad SMARTS) is 1. The largest absolute Gasteiger partial charge is 0.491 e. The monoisotopic (exact) mass is 470 g/mol. The molecule has 2 atom stereocenters. The number of carboxylic acids is 1. The number of ether oxygens (including phenoxy) is 1. The number of aliphatic carboxylic acids is 1. The Hall–Kier alpha value is -2.90. The van der Waals surface area contributed by atoms with Crippen LogP contribution in [0.2, 0.25) is 0 Å². The molecule has 0 aliphatic carbocycles. The highest BCUT2D eigenvalue weighted by Crippen LogP contribution is 2.39. The minimum atomic E-state index is -0.943. The van der Waals surface area contributed by atoms with Gasteiger partial charge in [0, 0.05) is 6.54 Å². The van der Waals surface area contributed by atoms with Crippen LogP contribution in [0.25, 0.3) is 0 Å². The summed E-state index contributed by atoms with van der Waals surface area (Å²) in [7, 11) is 0. The van der Waals surface area contributed by atoms with E-state index in [1.54, 1.807) is 6.92 Å². The predicted molar refractivity (Wildman–Crippen MR) is 133 cm³/mol. The zero-order chi connectivity index (χ0) is 23.7. The van der Waals surface area contributed by atoms with Crippen LogP contribution in [0, 0.1) is 5.41 Å². The number of benzene rings is 2. The van der Waals surface area contributed by atoms with Crippen molar-refractivity contribution in [3.05, 3.63) is 65.7 Å². The SMILES string of the molecule is C[C@@]1(CC(=O)O)C[C@H](COc2ccc(CCCCN)cc2)N(CCCc2ccccc2)C1=O.O.